The van der Waals surface area contributed by atoms with Crippen molar-refractivity contribution < 1.29 is 4.52 Å². The number of hydrogen-bond acceptors (Lipinski definition) is 6. The maximum atomic E-state index is 9.11. The van der Waals surface area contributed by atoms with Gasteiger partial charge in [-0.1, -0.05) is 17.3 Å². The zero-order chi connectivity index (χ0) is 16.7. The molecule has 0 N–H and O–H groups in total. The highest BCUT2D eigenvalue weighted by Crippen LogP contribution is 2.38. The standard InChI is InChI=1S/C17H16N6O/c1-10(17-19-15(22-24-17)13-6-7-13)23-11(2)20-21-16(23)14-5-3-4-12(8-14)9-18/h3-5,8,10,13H,6-7H2,1-2H3/t10-/m1/s1. The van der Waals surface area contributed by atoms with Crippen LogP contribution in [-0.4, -0.2) is 24.9 Å². The molecule has 0 unspecified atom stereocenters. The molecule has 0 spiro atoms. The minimum absolute atomic E-state index is 0.180. The molecule has 120 valence electrons. The fraction of sp³-hybridized carbons (Fsp3) is 0.353. The number of nitrogens with zero attached hydrogens (tertiary/aromatic N) is 6. The van der Waals surface area contributed by atoms with Crippen LogP contribution in [0.15, 0.2) is 28.8 Å². The average molecular weight is 320 g/mol. The molecule has 0 amide bonds. The molecule has 1 aliphatic carbocycles. The highest BCUT2D eigenvalue weighted by atomic mass is 16.5. The Bertz CT molecular complexity index is 931. The van der Waals surface area contributed by atoms with Crippen molar-refractivity contribution in [2.45, 2.75) is 38.6 Å². The second-order valence-electron chi connectivity index (χ2n) is 6.07. The van der Waals surface area contributed by atoms with E-state index in [-0.39, 0.29) is 6.04 Å². The molecular weight excluding hydrogens is 304 g/mol. The van der Waals surface area contributed by atoms with E-state index in [0.717, 1.165) is 30.1 Å². The van der Waals surface area contributed by atoms with Crippen LogP contribution < -0.4 is 0 Å². The van der Waals surface area contributed by atoms with Crippen molar-refractivity contribution in [3.8, 4) is 17.5 Å². The van der Waals surface area contributed by atoms with Gasteiger partial charge in [0.1, 0.15) is 11.9 Å². The van der Waals surface area contributed by atoms with Crippen molar-refractivity contribution in [3.63, 3.8) is 0 Å². The van der Waals surface area contributed by atoms with E-state index in [9.17, 15) is 0 Å². The van der Waals surface area contributed by atoms with E-state index in [0.29, 0.717) is 23.2 Å². The number of rotatable bonds is 4. The van der Waals surface area contributed by atoms with Crippen molar-refractivity contribution in [2.75, 3.05) is 0 Å². The third-order valence-electron chi connectivity index (χ3n) is 4.26. The predicted octanol–water partition coefficient (Wildman–Crippen LogP) is 2.99. The Morgan fingerprint density at radius 3 is 2.92 bits per heavy atom. The molecule has 0 bridgehead atoms. The summed E-state index contributed by atoms with van der Waals surface area (Å²) in [6.07, 6.45) is 2.26. The molecule has 1 atom stereocenters. The zero-order valence-corrected chi connectivity index (χ0v) is 13.5. The number of aryl methyl sites for hydroxylation is 1. The molecule has 2 aromatic heterocycles. The normalized spacial score (nSPS) is 15.2. The van der Waals surface area contributed by atoms with Crippen molar-refractivity contribution >= 4 is 0 Å². The van der Waals surface area contributed by atoms with E-state index in [4.69, 9.17) is 9.78 Å². The lowest BCUT2D eigenvalue weighted by atomic mass is 10.1. The van der Waals surface area contributed by atoms with Gasteiger partial charge in [-0.25, -0.2) is 0 Å². The van der Waals surface area contributed by atoms with Crippen molar-refractivity contribution in [1.29, 1.82) is 5.26 Å². The molecule has 1 fully saturated rings. The zero-order valence-electron chi connectivity index (χ0n) is 13.5. The van der Waals surface area contributed by atoms with Crippen molar-refractivity contribution in [2.24, 2.45) is 0 Å². The largest absolute Gasteiger partial charge is 0.337 e. The summed E-state index contributed by atoms with van der Waals surface area (Å²) in [6, 6.07) is 9.29. The summed E-state index contributed by atoms with van der Waals surface area (Å²) in [4.78, 5) is 4.53. The number of nitriles is 1. The molecule has 0 saturated heterocycles. The summed E-state index contributed by atoms with van der Waals surface area (Å²) in [5.41, 5.74) is 1.42. The van der Waals surface area contributed by atoms with Gasteiger partial charge >= 0.3 is 0 Å². The predicted molar refractivity (Wildman–Crippen MR) is 85.0 cm³/mol. The summed E-state index contributed by atoms with van der Waals surface area (Å²) in [6.45, 7) is 3.87. The first-order valence-electron chi connectivity index (χ1n) is 7.93. The second kappa shape index (κ2) is 5.57. The van der Waals surface area contributed by atoms with Crippen molar-refractivity contribution in [1.82, 2.24) is 24.9 Å². The van der Waals surface area contributed by atoms with Crippen molar-refractivity contribution in [3.05, 3.63) is 47.4 Å². The summed E-state index contributed by atoms with van der Waals surface area (Å²) >= 11 is 0. The van der Waals surface area contributed by atoms with Crippen LogP contribution in [0.3, 0.4) is 0 Å². The molecule has 24 heavy (non-hydrogen) atoms. The monoisotopic (exact) mass is 320 g/mol. The lowest BCUT2D eigenvalue weighted by Gasteiger charge is -2.13. The Morgan fingerprint density at radius 2 is 2.17 bits per heavy atom. The van der Waals surface area contributed by atoms with Crippen LogP contribution in [0.5, 0.6) is 0 Å². The summed E-state index contributed by atoms with van der Waals surface area (Å²) in [5, 5.41) is 21.7. The Kier molecular flexibility index (Phi) is 3.38. The van der Waals surface area contributed by atoms with E-state index in [1.165, 1.54) is 0 Å². The van der Waals surface area contributed by atoms with Gasteiger partial charge in [0.25, 0.3) is 0 Å². The Morgan fingerprint density at radius 1 is 1.33 bits per heavy atom. The average Bonchev–Trinajstić information content (AvgIpc) is 3.21. The summed E-state index contributed by atoms with van der Waals surface area (Å²) in [7, 11) is 0. The first-order chi connectivity index (χ1) is 11.7. The molecular formula is C17H16N6O. The molecule has 1 saturated carbocycles. The van der Waals surface area contributed by atoms with Gasteiger partial charge in [-0.3, -0.25) is 4.57 Å². The smallest absolute Gasteiger partial charge is 0.249 e. The maximum Gasteiger partial charge on any atom is 0.249 e. The van der Waals surface area contributed by atoms with Gasteiger partial charge in [-0.05, 0) is 38.8 Å². The van der Waals surface area contributed by atoms with Crippen LogP contribution in [0.4, 0.5) is 0 Å². The minimum atomic E-state index is -0.180. The van der Waals surface area contributed by atoms with Gasteiger partial charge in [-0.15, -0.1) is 10.2 Å². The number of aromatic nitrogens is 5. The fourth-order valence-corrected chi connectivity index (χ4v) is 2.79. The number of benzene rings is 1. The van der Waals surface area contributed by atoms with Gasteiger partial charge in [0.15, 0.2) is 11.6 Å². The maximum absolute atomic E-state index is 9.11. The first-order valence-corrected chi connectivity index (χ1v) is 7.93. The lowest BCUT2D eigenvalue weighted by Crippen LogP contribution is -2.11. The topological polar surface area (TPSA) is 93.4 Å². The van der Waals surface area contributed by atoms with Crippen LogP contribution in [-0.2, 0) is 0 Å². The van der Waals surface area contributed by atoms with Gasteiger partial charge < -0.3 is 4.52 Å². The van der Waals surface area contributed by atoms with E-state index >= 15 is 0 Å². The molecule has 4 rings (SSSR count). The lowest BCUT2D eigenvalue weighted by molar-refractivity contribution is 0.341. The second-order valence-corrected chi connectivity index (χ2v) is 6.07. The fourth-order valence-electron chi connectivity index (χ4n) is 2.79. The highest BCUT2D eigenvalue weighted by Gasteiger charge is 2.30. The molecule has 0 aliphatic heterocycles. The SMILES string of the molecule is Cc1nnc(-c2cccc(C#N)c2)n1[C@H](C)c1nc(C2CC2)no1. The Labute approximate surface area is 138 Å². The highest BCUT2D eigenvalue weighted by molar-refractivity contribution is 5.58. The third kappa shape index (κ3) is 2.46. The van der Waals surface area contributed by atoms with E-state index < -0.39 is 0 Å². The van der Waals surface area contributed by atoms with Crippen LogP contribution >= 0.6 is 0 Å². The van der Waals surface area contributed by atoms with Gasteiger partial charge in [-0.2, -0.15) is 10.2 Å². The first kappa shape index (κ1) is 14.6. The molecule has 3 aromatic rings. The summed E-state index contributed by atoms with van der Waals surface area (Å²) in [5.74, 6) is 3.23. The van der Waals surface area contributed by atoms with E-state index in [1.54, 1.807) is 12.1 Å². The van der Waals surface area contributed by atoms with Crippen LogP contribution in [0, 0.1) is 18.3 Å². The molecule has 1 aliphatic rings. The minimum Gasteiger partial charge on any atom is -0.337 e. The van der Waals surface area contributed by atoms with Crippen LogP contribution in [0.2, 0.25) is 0 Å². The van der Waals surface area contributed by atoms with Gasteiger partial charge in [0.2, 0.25) is 5.89 Å². The Balaban J connectivity index is 1.74. The number of hydrogen-bond donors (Lipinski definition) is 0. The quantitative estimate of drug-likeness (QED) is 0.733. The molecule has 1 aromatic carbocycles. The third-order valence-corrected chi connectivity index (χ3v) is 4.26. The van der Waals surface area contributed by atoms with Crippen LogP contribution in [0.25, 0.3) is 11.4 Å². The van der Waals surface area contributed by atoms with Gasteiger partial charge in [0, 0.05) is 11.5 Å². The summed E-state index contributed by atoms with van der Waals surface area (Å²) < 4.78 is 7.41. The van der Waals surface area contributed by atoms with Gasteiger partial charge in [0.05, 0.1) is 11.6 Å². The van der Waals surface area contributed by atoms with E-state index in [1.807, 2.05) is 30.5 Å². The molecule has 0 radical (unpaired) electrons. The molecule has 7 heteroatoms. The van der Waals surface area contributed by atoms with Crippen LogP contribution in [0.1, 0.15) is 54.8 Å². The van der Waals surface area contributed by atoms with E-state index in [2.05, 4.69) is 26.4 Å². The Hall–Kier alpha value is -3.01. The molecule has 2 heterocycles. The molecule has 7 nitrogen and oxygen atoms in total.